The zero-order valence-corrected chi connectivity index (χ0v) is 11.2. The van der Waals surface area contributed by atoms with Crippen molar-refractivity contribution >= 4 is 27.3 Å². The van der Waals surface area contributed by atoms with Crippen molar-refractivity contribution in [3.8, 4) is 0 Å². The Bertz CT molecular complexity index is 639. The molecule has 102 valence electrons. The minimum absolute atomic E-state index is 0.0644. The van der Waals surface area contributed by atoms with Gasteiger partial charge in [-0.25, -0.2) is 8.42 Å². The molecule has 2 amide bonds. The number of carbonyl (C=O) groups is 2. The lowest BCUT2D eigenvalue weighted by Crippen LogP contribution is -2.38. The maximum atomic E-state index is 12.3. The molecule has 0 fully saturated rings. The van der Waals surface area contributed by atoms with Crippen molar-refractivity contribution in [3.63, 3.8) is 0 Å². The summed E-state index contributed by atoms with van der Waals surface area (Å²) in [5.74, 6) is -1.10. The van der Waals surface area contributed by atoms with Gasteiger partial charge in [-0.1, -0.05) is 12.1 Å². The van der Waals surface area contributed by atoms with E-state index in [9.17, 15) is 18.0 Å². The zero-order valence-electron chi connectivity index (χ0n) is 10.4. The van der Waals surface area contributed by atoms with Crippen molar-refractivity contribution in [1.82, 2.24) is 0 Å². The zero-order chi connectivity index (χ0) is 14.2. The fourth-order valence-corrected chi connectivity index (χ4v) is 3.60. The fraction of sp³-hybridized carbons (Fsp3) is 0.333. The van der Waals surface area contributed by atoms with Crippen LogP contribution in [0.3, 0.4) is 0 Å². The van der Waals surface area contributed by atoms with E-state index in [4.69, 9.17) is 5.73 Å². The summed E-state index contributed by atoms with van der Waals surface area (Å²) in [5.41, 5.74) is 5.33. The molecule has 7 heteroatoms. The smallest absolute Gasteiger partial charge is 0.237 e. The molecular formula is C12H14N2O4S. The number of carbonyl (C=O) groups excluding carboxylic acids is 2. The summed E-state index contributed by atoms with van der Waals surface area (Å²) in [6, 6.07) is 6.15. The van der Waals surface area contributed by atoms with E-state index >= 15 is 0 Å². The van der Waals surface area contributed by atoms with Gasteiger partial charge in [0.1, 0.15) is 6.54 Å². The van der Waals surface area contributed by atoms with Gasteiger partial charge in [-0.2, -0.15) is 0 Å². The highest BCUT2D eigenvalue weighted by Gasteiger charge is 2.36. The lowest BCUT2D eigenvalue weighted by Gasteiger charge is -2.20. The topological polar surface area (TPSA) is 97.5 Å². The molecule has 1 atom stereocenters. The summed E-state index contributed by atoms with van der Waals surface area (Å²) in [4.78, 5) is 24.3. The monoisotopic (exact) mass is 282 g/mol. The third-order valence-corrected chi connectivity index (χ3v) is 5.25. The molecule has 0 spiro atoms. The van der Waals surface area contributed by atoms with Gasteiger partial charge in [0.15, 0.2) is 9.84 Å². The summed E-state index contributed by atoms with van der Waals surface area (Å²) < 4.78 is 24.6. The quantitative estimate of drug-likeness (QED) is 0.830. The first-order valence-electron chi connectivity index (χ1n) is 5.75. The van der Waals surface area contributed by atoms with Crippen LogP contribution in [0, 0.1) is 0 Å². The second-order valence-electron chi connectivity index (χ2n) is 4.47. The number of para-hydroxylation sites is 1. The number of fused-ring (bicyclic) bond motifs is 1. The minimum atomic E-state index is -3.57. The second kappa shape index (κ2) is 4.65. The van der Waals surface area contributed by atoms with E-state index < -0.39 is 26.9 Å². The van der Waals surface area contributed by atoms with Crippen LogP contribution in [-0.4, -0.2) is 32.0 Å². The maximum Gasteiger partial charge on any atom is 0.237 e. The van der Waals surface area contributed by atoms with Crippen LogP contribution in [0.2, 0.25) is 0 Å². The number of sulfone groups is 1. The van der Waals surface area contributed by atoms with Gasteiger partial charge < -0.3 is 10.6 Å². The molecular weight excluding hydrogens is 268 g/mol. The van der Waals surface area contributed by atoms with Crippen LogP contribution < -0.4 is 10.6 Å². The number of amides is 2. The Morgan fingerprint density at radius 1 is 1.42 bits per heavy atom. The van der Waals surface area contributed by atoms with Gasteiger partial charge in [0.25, 0.3) is 0 Å². The first-order valence-corrected chi connectivity index (χ1v) is 7.30. The number of nitrogens with zero attached hydrogens (tertiary/aromatic N) is 1. The van der Waals surface area contributed by atoms with Crippen molar-refractivity contribution in [2.24, 2.45) is 5.73 Å². The molecule has 0 saturated carbocycles. The van der Waals surface area contributed by atoms with Crippen LogP contribution in [0.1, 0.15) is 13.3 Å². The summed E-state index contributed by atoms with van der Waals surface area (Å²) >= 11 is 0. The first-order chi connectivity index (χ1) is 8.84. The van der Waals surface area contributed by atoms with Crippen LogP contribution in [0.5, 0.6) is 0 Å². The highest BCUT2D eigenvalue weighted by atomic mass is 32.2. The van der Waals surface area contributed by atoms with Crippen LogP contribution in [-0.2, 0) is 19.4 Å². The first kappa shape index (κ1) is 13.5. The van der Waals surface area contributed by atoms with Crippen molar-refractivity contribution in [1.29, 1.82) is 0 Å². The van der Waals surface area contributed by atoms with Crippen molar-refractivity contribution in [2.75, 3.05) is 11.4 Å². The Hall–Kier alpha value is -1.89. The SMILES string of the molecule is CC1CC(=O)N(CC(N)=O)c2ccccc2S1(=O)=O. The molecule has 1 aliphatic rings. The second-order valence-corrected chi connectivity index (χ2v) is 6.81. The molecule has 0 bridgehead atoms. The van der Waals surface area contributed by atoms with Gasteiger partial charge in [0, 0.05) is 6.42 Å². The average Bonchev–Trinajstić information content (AvgIpc) is 2.40. The lowest BCUT2D eigenvalue weighted by molar-refractivity contribution is -0.122. The minimum Gasteiger partial charge on any atom is -0.368 e. The van der Waals surface area contributed by atoms with Gasteiger partial charge in [-0.3, -0.25) is 9.59 Å². The fourth-order valence-electron chi connectivity index (χ4n) is 2.07. The summed E-state index contributed by atoms with van der Waals surface area (Å²) in [6.07, 6.45) is -0.162. The molecule has 19 heavy (non-hydrogen) atoms. The van der Waals surface area contributed by atoms with Crippen LogP contribution in [0.15, 0.2) is 29.2 Å². The highest BCUT2D eigenvalue weighted by molar-refractivity contribution is 7.92. The van der Waals surface area contributed by atoms with Crippen LogP contribution in [0.25, 0.3) is 0 Å². The van der Waals surface area contributed by atoms with Gasteiger partial charge in [-0.05, 0) is 19.1 Å². The van der Waals surface area contributed by atoms with Crippen LogP contribution >= 0.6 is 0 Å². The highest BCUT2D eigenvalue weighted by Crippen LogP contribution is 2.32. The number of primary amides is 1. The molecule has 0 aromatic heterocycles. The molecule has 1 aromatic carbocycles. The largest absolute Gasteiger partial charge is 0.368 e. The normalized spacial score (nSPS) is 21.6. The number of benzene rings is 1. The number of hydrogen-bond donors (Lipinski definition) is 1. The Labute approximate surface area is 111 Å². The Morgan fingerprint density at radius 2 is 2.05 bits per heavy atom. The van der Waals surface area contributed by atoms with Crippen molar-refractivity contribution in [2.45, 2.75) is 23.5 Å². The molecule has 0 aliphatic carbocycles. The van der Waals surface area contributed by atoms with E-state index in [1.807, 2.05) is 0 Å². The molecule has 0 saturated heterocycles. The average molecular weight is 282 g/mol. The Balaban J connectivity index is 2.65. The van der Waals surface area contributed by atoms with Gasteiger partial charge >= 0.3 is 0 Å². The van der Waals surface area contributed by atoms with E-state index in [1.165, 1.54) is 19.1 Å². The maximum absolute atomic E-state index is 12.3. The number of nitrogens with two attached hydrogens (primary N) is 1. The molecule has 1 aromatic rings. The Kier molecular flexibility index (Phi) is 3.32. The van der Waals surface area contributed by atoms with Gasteiger partial charge in [0.05, 0.1) is 15.8 Å². The third kappa shape index (κ3) is 2.33. The third-order valence-electron chi connectivity index (χ3n) is 3.07. The van der Waals surface area contributed by atoms with E-state index in [0.717, 1.165) is 4.90 Å². The van der Waals surface area contributed by atoms with Crippen molar-refractivity contribution < 1.29 is 18.0 Å². The summed E-state index contributed by atoms with van der Waals surface area (Å²) in [6.45, 7) is 1.16. The molecule has 2 rings (SSSR count). The number of hydrogen-bond acceptors (Lipinski definition) is 4. The predicted octanol–water partition coefficient (Wildman–Crippen LogP) is 0.0708. The Morgan fingerprint density at radius 3 is 2.68 bits per heavy atom. The predicted molar refractivity (Wildman–Crippen MR) is 69.3 cm³/mol. The molecule has 1 unspecified atom stereocenters. The number of anilines is 1. The van der Waals surface area contributed by atoms with Gasteiger partial charge in [-0.15, -0.1) is 0 Å². The van der Waals surface area contributed by atoms with E-state index in [2.05, 4.69) is 0 Å². The molecule has 1 aliphatic heterocycles. The molecule has 1 heterocycles. The molecule has 0 radical (unpaired) electrons. The summed E-state index contributed by atoms with van der Waals surface area (Å²) in [5, 5.41) is -0.820. The van der Waals surface area contributed by atoms with Crippen molar-refractivity contribution in [3.05, 3.63) is 24.3 Å². The summed E-state index contributed by atoms with van der Waals surface area (Å²) in [7, 11) is -3.57. The number of rotatable bonds is 2. The lowest BCUT2D eigenvalue weighted by atomic mass is 10.2. The van der Waals surface area contributed by atoms with Crippen LogP contribution in [0.4, 0.5) is 5.69 Å². The van der Waals surface area contributed by atoms with Gasteiger partial charge in [0.2, 0.25) is 11.8 Å². The van der Waals surface area contributed by atoms with E-state index in [-0.39, 0.29) is 23.5 Å². The van der Waals surface area contributed by atoms with E-state index in [1.54, 1.807) is 12.1 Å². The van der Waals surface area contributed by atoms with E-state index in [0.29, 0.717) is 0 Å². The molecule has 6 nitrogen and oxygen atoms in total. The molecule has 2 N–H and O–H groups in total. The standard InChI is InChI=1S/C12H14N2O4S/c1-8-6-12(16)14(7-11(13)15)9-4-2-3-5-10(9)19(8,17)18/h2-5,8H,6-7H2,1H3,(H2,13,15).